The van der Waals surface area contributed by atoms with Gasteiger partial charge in [0.1, 0.15) is 12.4 Å². The van der Waals surface area contributed by atoms with Crippen molar-refractivity contribution in [1.82, 2.24) is 14.5 Å². The molecule has 0 atom stereocenters. The topological polar surface area (TPSA) is 76.9 Å². The van der Waals surface area contributed by atoms with E-state index in [4.69, 9.17) is 0 Å². The number of hydrogen-bond acceptors (Lipinski definition) is 4. The van der Waals surface area contributed by atoms with Crippen LogP contribution in [0.1, 0.15) is 11.3 Å². The van der Waals surface area contributed by atoms with Crippen molar-refractivity contribution in [2.45, 2.75) is 20.4 Å². The fourth-order valence-electron chi connectivity index (χ4n) is 2.38. The van der Waals surface area contributed by atoms with Gasteiger partial charge in [-0.05, 0) is 26.0 Å². The van der Waals surface area contributed by atoms with E-state index >= 15 is 0 Å². The number of aromatic nitrogens is 3. The summed E-state index contributed by atoms with van der Waals surface area (Å²) < 4.78 is 1.27. The first-order valence-electron chi connectivity index (χ1n) is 7.88. The van der Waals surface area contributed by atoms with Crippen molar-refractivity contribution >= 4 is 11.7 Å². The highest BCUT2D eigenvalue weighted by Gasteiger charge is 2.08. The van der Waals surface area contributed by atoms with Crippen LogP contribution in [0.4, 0.5) is 5.82 Å². The van der Waals surface area contributed by atoms with Crippen molar-refractivity contribution in [3.05, 3.63) is 76.5 Å². The molecule has 0 unspecified atom stereocenters. The number of carbonyl (C=O) groups is 1. The first kappa shape index (κ1) is 16.6. The van der Waals surface area contributed by atoms with Gasteiger partial charge < -0.3 is 5.32 Å². The van der Waals surface area contributed by atoms with Crippen LogP contribution in [0.15, 0.2) is 59.7 Å². The highest BCUT2D eigenvalue weighted by Crippen LogP contribution is 2.15. The number of hydrogen-bond donors (Lipinski definition) is 1. The van der Waals surface area contributed by atoms with Gasteiger partial charge in [-0.2, -0.15) is 0 Å². The first-order chi connectivity index (χ1) is 12.0. The SMILES string of the molecule is Cc1ccc(-c2cc(=O)n(CC(=O)Nc3cccc(C)n3)cn2)cc1. The van der Waals surface area contributed by atoms with E-state index in [-0.39, 0.29) is 18.0 Å². The van der Waals surface area contributed by atoms with E-state index in [1.54, 1.807) is 6.07 Å². The van der Waals surface area contributed by atoms with Gasteiger partial charge in [0.15, 0.2) is 0 Å². The van der Waals surface area contributed by atoms with Crippen molar-refractivity contribution in [2.75, 3.05) is 5.32 Å². The molecule has 2 aromatic heterocycles. The number of rotatable bonds is 4. The molecule has 6 heteroatoms. The molecule has 0 bridgehead atoms. The Hall–Kier alpha value is -3.28. The normalized spacial score (nSPS) is 10.5. The van der Waals surface area contributed by atoms with Gasteiger partial charge in [0, 0.05) is 17.3 Å². The Morgan fingerprint density at radius 3 is 2.56 bits per heavy atom. The van der Waals surface area contributed by atoms with E-state index < -0.39 is 0 Å². The molecular weight excluding hydrogens is 316 g/mol. The summed E-state index contributed by atoms with van der Waals surface area (Å²) in [6, 6.07) is 14.5. The lowest BCUT2D eigenvalue weighted by atomic mass is 10.1. The lowest BCUT2D eigenvalue weighted by molar-refractivity contribution is -0.116. The minimum atomic E-state index is -0.329. The molecule has 0 aliphatic carbocycles. The number of carbonyl (C=O) groups excluding carboxylic acids is 1. The molecular formula is C19H18N4O2. The quantitative estimate of drug-likeness (QED) is 0.795. The molecule has 3 aromatic rings. The monoisotopic (exact) mass is 334 g/mol. The molecule has 1 amide bonds. The van der Waals surface area contributed by atoms with Crippen LogP contribution < -0.4 is 10.9 Å². The van der Waals surface area contributed by atoms with Crippen molar-refractivity contribution in [3.63, 3.8) is 0 Å². The van der Waals surface area contributed by atoms with Gasteiger partial charge in [0.05, 0.1) is 12.0 Å². The second-order valence-electron chi connectivity index (χ2n) is 5.82. The van der Waals surface area contributed by atoms with E-state index in [2.05, 4.69) is 15.3 Å². The fraction of sp³-hybridized carbons (Fsp3) is 0.158. The summed E-state index contributed by atoms with van der Waals surface area (Å²) in [4.78, 5) is 32.8. The number of anilines is 1. The van der Waals surface area contributed by atoms with E-state index in [0.717, 1.165) is 16.8 Å². The molecule has 0 fully saturated rings. The zero-order valence-electron chi connectivity index (χ0n) is 14.1. The standard InChI is InChI=1S/C19H18N4O2/c1-13-6-8-15(9-7-13)16-10-19(25)23(12-20-16)11-18(24)22-17-5-3-4-14(2)21-17/h3-10,12H,11H2,1-2H3,(H,21,22,24). The summed E-state index contributed by atoms with van der Waals surface area (Å²) in [5.41, 5.74) is 3.11. The van der Waals surface area contributed by atoms with Gasteiger partial charge in [-0.3, -0.25) is 14.2 Å². The van der Waals surface area contributed by atoms with Crippen molar-refractivity contribution in [2.24, 2.45) is 0 Å². The number of pyridine rings is 1. The number of amides is 1. The Bertz CT molecular complexity index is 962. The largest absolute Gasteiger partial charge is 0.309 e. The minimum absolute atomic E-state index is 0.115. The fourth-order valence-corrected chi connectivity index (χ4v) is 2.38. The zero-order valence-corrected chi connectivity index (χ0v) is 14.1. The smallest absolute Gasteiger partial charge is 0.254 e. The van der Waals surface area contributed by atoms with Gasteiger partial charge >= 0.3 is 0 Å². The average molecular weight is 334 g/mol. The third-order valence-corrected chi connectivity index (χ3v) is 3.70. The maximum absolute atomic E-state index is 12.2. The lowest BCUT2D eigenvalue weighted by Crippen LogP contribution is -2.27. The molecule has 0 saturated heterocycles. The minimum Gasteiger partial charge on any atom is -0.309 e. The van der Waals surface area contributed by atoms with Gasteiger partial charge in [-0.1, -0.05) is 35.9 Å². The predicted octanol–water partition coefficient (Wildman–Crippen LogP) is 2.56. The molecule has 1 N–H and O–H groups in total. The summed E-state index contributed by atoms with van der Waals surface area (Å²) in [6.07, 6.45) is 1.39. The number of nitrogens with zero attached hydrogens (tertiary/aromatic N) is 3. The molecule has 0 aliphatic heterocycles. The van der Waals surface area contributed by atoms with E-state index in [0.29, 0.717) is 11.5 Å². The zero-order chi connectivity index (χ0) is 17.8. The van der Waals surface area contributed by atoms with Gasteiger partial charge in [0.25, 0.3) is 5.56 Å². The maximum Gasteiger partial charge on any atom is 0.254 e. The number of nitrogens with one attached hydrogen (secondary N) is 1. The summed E-state index contributed by atoms with van der Waals surface area (Å²) in [7, 11) is 0. The Labute approximate surface area is 145 Å². The Balaban J connectivity index is 1.74. The molecule has 126 valence electrons. The van der Waals surface area contributed by atoms with Crippen LogP contribution in [0.25, 0.3) is 11.3 Å². The molecule has 0 saturated carbocycles. The lowest BCUT2D eigenvalue weighted by Gasteiger charge is -2.08. The van der Waals surface area contributed by atoms with Crippen molar-refractivity contribution < 1.29 is 4.79 Å². The molecule has 0 aliphatic rings. The first-order valence-corrected chi connectivity index (χ1v) is 7.88. The van der Waals surface area contributed by atoms with E-state index in [1.807, 2.05) is 50.2 Å². The predicted molar refractivity (Wildman–Crippen MR) is 96.3 cm³/mol. The third-order valence-electron chi connectivity index (χ3n) is 3.70. The second-order valence-corrected chi connectivity index (χ2v) is 5.82. The summed E-state index contributed by atoms with van der Waals surface area (Å²) in [6.45, 7) is 3.72. The molecule has 1 aromatic carbocycles. The van der Waals surface area contributed by atoms with Crippen LogP contribution in [-0.2, 0) is 11.3 Å². The van der Waals surface area contributed by atoms with Crippen molar-refractivity contribution in [1.29, 1.82) is 0 Å². The van der Waals surface area contributed by atoms with Gasteiger partial charge in [0.2, 0.25) is 5.91 Å². The van der Waals surface area contributed by atoms with E-state index in [9.17, 15) is 9.59 Å². The van der Waals surface area contributed by atoms with Gasteiger partial charge in [-0.25, -0.2) is 9.97 Å². The van der Waals surface area contributed by atoms with Crippen LogP contribution >= 0.6 is 0 Å². The Morgan fingerprint density at radius 2 is 1.88 bits per heavy atom. The second kappa shape index (κ2) is 7.09. The van der Waals surface area contributed by atoms with Crippen LogP contribution in [0, 0.1) is 13.8 Å². The third kappa shape index (κ3) is 4.17. The number of aryl methyl sites for hydroxylation is 2. The Kier molecular flexibility index (Phi) is 4.70. The van der Waals surface area contributed by atoms with Gasteiger partial charge in [-0.15, -0.1) is 0 Å². The molecule has 0 spiro atoms. The molecule has 6 nitrogen and oxygen atoms in total. The molecule has 25 heavy (non-hydrogen) atoms. The molecule has 0 radical (unpaired) electrons. The van der Waals surface area contributed by atoms with Crippen LogP contribution in [0.2, 0.25) is 0 Å². The highest BCUT2D eigenvalue weighted by atomic mass is 16.2. The summed E-state index contributed by atoms with van der Waals surface area (Å²) in [5.74, 6) is 0.132. The average Bonchev–Trinajstić information content (AvgIpc) is 2.57. The van der Waals surface area contributed by atoms with Crippen LogP contribution in [-0.4, -0.2) is 20.4 Å². The number of benzene rings is 1. The summed E-state index contributed by atoms with van der Waals surface area (Å²) in [5, 5.41) is 2.67. The molecule has 3 rings (SSSR count). The van der Waals surface area contributed by atoms with Crippen LogP contribution in [0.3, 0.4) is 0 Å². The maximum atomic E-state index is 12.2. The van der Waals surface area contributed by atoms with E-state index in [1.165, 1.54) is 17.0 Å². The Morgan fingerprint density at radius 1 is 1.12 bits per heavy atom. The van der Waals surface area contributed by atoms with Crippen molar-refractivity contribution in [3.8, 4) is 11.3 Å². The van der Waals surface area contributed by atoms with Crippen LogP contribution in [0.5, 0.6) is 0 Å². The highest BCUT2D eigenvalue weighted by molar-refractivity contribution is 5.89. The molecule has 2 heterocycles. The summed E-state index contributed by atoms with van der Waals surface area (Å²) >= 11 is 0.